The van der Waals surface area contributed by atoms with Gasteiger partial charge in [-0.25, -0.2) is 0 Å². The van der Waals surface area contributed by atoms with Gasteiger partial charge in [-0.2, -0.15) is 0 Å². The normalized spacial score (nSPS) is 18.3. The second-order valence-electron chi connectivity index (χ2n) is 5.56. The average molecular weight is 302 g/mol. The third kappa shape index (κ3) is 9.42. The summed E-state index contributed by atoms with van der Waals surface area (Å²) in [6.07, 6.45) is 1.25. The minimum absolute atomic E-state index is 0.277. The fraction of sp³-hybridized carbons (Fsp3) is 1.00. The van der Waals surface area contributed by atoms with E-state index in [2.05, 4.69) is 30.6 Å². The van der Waals surface area contributed by atoms with Crippen LogP contribution in [0.25, 0.3) is 0 Å². The Bertz CT molecular complexity index is 232. The maximum atomic E-state index is 5.84. The van der Waals surface area contributed by atoms with E-state index in [4.69, 9.17) is 14.2 Å². The summed E-state index contributed by atoms with van der Waals surface area (Å²) in [4.78, 5) is 4.78. The van der Waals surface area contributed by atoms with Gasteiger partial charge in [0.1, 0.15) is 0 Å². The molecule has 5 heteroatoms. The maximum Gasteiger partial charge on any atom is 0.0597 e. The molecule has 0 amide bonds. The fourth-order valence-corrected chi connectivity index (χ4v) is 2.38. The molecular weight excluding hydrogens is 268 g/mol. The second kappa shape index (κ2) is 12.4. The lowest BCUT2D eigenvalue weighted by Gasteiger charge is -2.26. The van der Waals surface area contributed by atoms with Crippen molar-refractivity contribution in [3.8, 4) is 0 Å². The molecule has 1 saturated heterocycles. The van der Waals surface area contributed by atoms with Crippen molar-refractivity contribution in [2.75, 3.05) is 72.3 Å². The zero-order valence-electron chi connectivity index (χ0n) is 14.2. The van der Waals surface area contributed by atoms with E-state index >= 15 is 0 Å². The Morgan fingerprint density at radius 2 is 1.81 bits per heavy atom. The highest BCUT2D eigenvalue weighted by Crippen LogP contribution is 2.01. The molecule has 0 aromatic rings. The molecule has 0 bridgehead atoms. The van der Waals surface area contributed by atoms with Gasteiger partial charge in [0.05, 0.1) is 32.5 Å². The van der Waals surface area contributed by atoms with Crippen molar-refractivity contribution >= 4 is 0 Å². The summed E-state index contributed by atoms with van der Waals surface area (Å²) in [5.74, 6) is 0. The van der Waals surface area contributed by atoms with E-state index in [0.717, 1.165) is 78.7 Å². The largest absolute Gasteiger partial charge is 0.380 e. The minimum atomic E-state index is 0.277. The minimum Gasteiger partial charge on any atom is -0.380 e. The fourth-order valence-electron chi connectivity index (χ4n) is 2.38. The van der Waals surface area contributed by atoms with Crippen LogP contribution in [0.15, 0.2) is 0 Å². The lowest BCUT2D eigenvalue weighted by atomic mass is 10.3. The van der Waals surface area contributed by atoms with Crippen molar-refractivity contribution in [3.05, 3.63) is 0 Å². The second-order valence-corrected chi connectivity index (χ2v) is 5.56. The third-order valence-electron chi connectivity index (χ3n) is 4.03. The van der Waals surface area contributed by atoms with Crippen LogP contribution >= 0.6 is 0 Å². The Morgan fingerprint density at radius 1 is 1.10 bits per heavy atom. The molecular formula is C16H34N2O3. The molecule has 1 atom stereocenters. The van der Waals surface area contributed by atoms with E-state index in [0.29, 0.717) is 0 Å². The number of morpholine rings is 1. The molecule has 0 saturated carbocycles. The van der Waals surface area contributed by atoms with Gasteiger partial charge in [-0.05, 0) is 26.4 Å². The average Bonchev–Trinajstić information content (AvgIpc) is 2.52. The molecule has 0 spiro atoms. The monoisotopic (exact) mass is 302 g/mol. The standard InChI is InChI=1S/C16H34N2O3/c1-4-17(5-2)7-12-19-11-6-16(3)21-15-10-18-8-13-20-14-9-18/h16H,4-15H2,1-3H3. The zero-order chi connectivity index (χ0) is 15.3. The molecule has 1 fully saturated rings. The van der Waals surface area contributed by atoms with Crippen LogP contribution in [0.2, 0.25) is 0 Å². The predicted molar refractivity (Wildman–Crippen MR) is 85.9 cm³/mol. The van der Waals surface area contributed by atoms with Crippen molar-refractivity contribution in [2.45, 2.75) is 33.3 Å². The van der Waals surface area contributed by atoms with Crippen molar-refractivity contribution in [2.24, 2.45) is 0 Å². The number of nitrogens with zero attached hydrogens (tertiary/aromatic N) is 2. The van der Waals surface area contributed by atoms with Gasteiger partial charge in [0.15, 0.2) is 0 Å². The maximum absolute atomic E-state index is 5.84. The summed E-state index contributed by atoms with van der Waals surface area (Å²) >= 11 is 0. The van der Waals surface area contributed by atoms with Gasteiger partial charge in [-0.1, -0.05) is 13.8 Å². The first kappa shape index (κ1) is 18.8. The SMILES string of the molecule is CCN(CC)CCOCCC(C)OCCN1CCOCC1. The summed E-state index contributed by atoms with van der Waals surface area (Å²) < 4.78 is 16.9. The molecule has 0 aromatic carbocycles. The molecule has 1 heterocycles. The lowest BCUT2D eigenvalue weighted by Crippen LogP contribution is -2.38. The first-order valence-corrected chi connectivity index (χ1v) is 8.48. The van der Waals surface area contributed by atoms with Crippen LogP contribution in [0, 0.1) is 0 Å². The summed E-state index contributed by atoms with van der Waals surface area (Å²) in [7, 11) is 0. The van der Waals surface area contributed by atoms with Crippen LogP contribution in [0.1, 0.15) is 27.2 Å². The molecule has 0 radical (unpaired) electrons. The molecule has 126 valence electrons. The summed E-state index contributed by atoms with van der Waals surface area (Å²) in [5, 5.41) is 0. The molecule has 0 aliphatic carbocycles. The van der Waals surface area contributed by atoms with Crippen molar-refractivity contribution in [1.82, 2.24) is 9.80 Å². The number of likely N-dealkylation sites (N-methyl/N-ethyl adjacent to an activating group) is 1. The van der Waals surface area contributed by atoms with Crippen LogP contribution in [0.3, 0.4) is 0 Å². The number of rotatable bonds is 12. The highest BCUT2D eigenvalue weighted by atomic mass is 16.5. The molecule has 1 aliphatic heterocycles. The Morgan fingerprint density at radius 3 is 2.48 bits per heavy atom. The van der Waals surface area contributed by atoms with Gasteiger partial charge in [0.25, 0.3) is 0 Å². The number of hydrogen-bond acceptors (Lipinski definition) is 5. The molecule has 0 aromatic heterocycles. The van der Waals surface area contributed by atoms with Gasteiger partial charge in [0.2, 0.25) is 0 Å². The van der Waals surface area contributed by atoms with E-state index < -0.39 is 0 Å². The van der Waals surface area contributed by atoms with E-state index in [1.165, 1.54) is 0 Å². The van der Waals surface area contributed by atoms with Crippen LogP contribution in [0.5, 0.6) is 0 Å². The summed E-state index contributed by atoms with van der Waals surface area (Å²) in [6.45, 7) is 16.9. The van der Waals surface area contributed by atoms with Crippen LogP contribution in [-0.2, 0) is 14.2 Å². The van der Waals surface area contributed by atoms with Gasteiger partial charge in [-0.15, -0.1) is 0 Å². The highest BCUT2D eigenvalue weighted by Gasteiger charge is 2.10. The van der Waals surface area contributed by atoms with Crippen molar-refractivity contribution in [1.29, 1.82) is 0 Å². The Labute approximate surface area is 130 Å². The quantitative estimate of drug-likeness (QED) is 0.510. The summed E-state index contributed by atoms with van der Waals surface area (Å²) in [5.41, 5.74) is 0. The molecule has 1 rings (SSSR count). The predicted octanol–water partition coefficient (Wildman–Crippen LogP) is 1.47. The van der Waals surface area contributed by atoms with Gasteiger partial charge < -0.3 is 19.1 Å². The van der Waals surface area contributed by atoms with E-state index in [1.807, 2.05) is 0 Å². The zero-order valence-corrected chi connectivity index (χ0v) is 14.2. The molecule has 21 heavy (non-hydrogen) atoms. The third-order valence-corrected chi connectivity index (χ3v) is 4.03. The van der Waals surface area contributed by atoms with Gasteiger partial charge in [-0.3, -0.25) is 4.90 Å². The van der Waals surface area contributed by atoms with Crippen molar-refractivity contribution < 1.29 is 14.2 Å². The molecule has 1 aliphatic rings. The van der Waals surface area contributed by atoms with Crippen LogP contribution < -0.4 is 0 Å². The van der Waals surface area contributed by atoms with Crippen molar-refractivity contribution in [3.63, 3.8) is 0 Å². The first-order valence-electron chi connectivity index (χ1n) is 8.48. The van der Waals surface area contributed by atoms with Gasteiger partial charge >= 0.3 is 0 Å². The smallest absolute Gasteiger partial charge is 0.0597 e. The molecule has 5 nitrogen and oxygen atoms in total. The Hall–Kier alpha value is -0.200. The van der Waals surface area contributed by atoms with E-state index in [9.17, 15) is 0 Å². The van der Waals surface area contributed by atoms with Gasteiger partial charge in [0, 0.05) is 32.8 Å². The van der Waals surface area contributed by atoms with Crippen LogP contribution in [0.4, 0.5) is 0 Å². The Balaban J connectivity index is 1.90. The van der Waals surface area contributed by atoms with E-state index in [1.54, 1.807) is 0 Å². The lowest BCUT2D eigenvalue weighted by molar-refractivity contribution is -0.00452. The Kier molecular flexibility index (Phi) is 11.1. The summed E-state index contributed by atoms with van der Waals surface area (Å²) in [6, 6.07) is 0. The number of hydrogen-bond donors (Lipinski definition) is 0. The molecule has 0 N–H and O–H groups in total. The molecule has 1 unspecified atom stereocenters. The topological polar surface area (TPSA) is 34.2 Å². The first-order chi connectivity index (χ1) is 10.3. The number of ether oxygens (including phenoxy) is 3. The highest BCUT2D eigenvalue weighted by molar-refractivity contribution is 4.61. The van der Waals surface area contributed by atoms with Crippen LogP contribution in [-0.4, -0.2) is 88.2 Å². The van der Waals surface area contributed by atoms with E-state index in [-0.39, 0.29) is 6.10 Å².